The van der Waals surface area contributed by atoms with Crippen LogP contribution in [0.5, 0.6) is 0 Å². The van der Waals surface area contributed by atoms with E-state index < -0.39 is 5.97 Å². The molecule has 0 unspecified atom stereocenters. The van der Waals surface area contributed by atoms with Gasteiger partial charge in [-0.2, -0.15) is 0 Å². The van der Waals surface area contributed by atoms with Crippen LogP contribution in [0.3, 0.4) is 0 Å². The van der Waals surface area contributed by atoms with Gasteiger partial charge < -0.3 is 11.3 Å². The van der Waals surface area contributed by atoms with E-state index in [0.29, 0.717) is 10.4 Å². The second kappa shape index (κ2) is 4.13. The second-order valence-electron chi connectivity index (χ2n) is 3.48. The summed E-state index contributed by atoms with van der Waals surface area (Å²) >= 11 is 2.07. The second-order valence-corrected chi connectivity index (χ2v) is 5.45. The highest BCUT2D eigenvalue weighted by Crippen LogP contribution is 2.35. The molecule has 0 fully saturated rings. The fraction of sp³-hybridized carbons (Fsp3) is 0. The van der Waals surface area contributed by atoms with Crippen LogP contribution in [0.4, 0.5) is 0 Å². The fourth-order valence-corrected chi connectivity index (χ4v) is 3.59. The summed E-state index contributed by atoms with van der Waals surface area (Å²) in [7, 11) is 0. The highest BCUT2D eigenvalue weighted by molar-refractivity contribution is 7.19. The number of ketones is 2. The molecule has 0 atom stereocenters. The molecule has 92 valence electrons. The summed E-state index contributed by atoms with van der Waals surface area (Å²) in [6, 6.07) is 2.88. The van der Waals surface area contributed by atoms with E-state index in [1.54, 1.807) is 11.4 Å². The number of carboxylic acids is 1. The summed E-state index contributed by atoms with van der Waals surface area (Å²) < 4.78 is 0. The summed E-state index contributed by atoms with van der Waals surface area (Å²) in [5.41, 5.74) is 0.588. The van der Waals surface area contributed by atoms with Gasteiger partial charge in [-0.3, -0.25) is 9.59 Å². The van der Waals surface area contributed by atoms with Gasteiger partial charge in [0.2, 0.25) is 5.78 Å². The first kappa shape index (κ1) is 12.6. The van der Waals surface area contributed by atoms with Crippen molar-refractivity contribution in [2.75, 3.05) is 0 Å². The van der Waals surface area contributed by atoms with Gasteiger partial charge in [0.1, 0.15) is 4.88 Å². The summed E-state index contributed by atoms with van der Waals surface area (Å²) in [5.74, 6) is -1.63. The molecule has 2 aromatic heterocycles. The van der Waals surface area contributed by atoms with Gasteiger partial charge in [-0.25, -0.2) is 4.79 Å². The van der Waals surface area contributed by atoms with Crippen LogP contribution < -0.4 is 6.15 Å². The first-order valence-corrected chi connectivity index (χ1v) is 6.33. The van der Waals surface area contributed by atoms with Crippen molar-refractivity contribution >= 4 is 40.2 Å². The third-order valence-corrected chi connectivity index (χ3v) is 4.54. The third kappa shape index (κ3) is 1.52. The topological polar surface area (TPSA) is 106 Å². The Morgan fingerprint density at radius 1 is 1.11 bits per heavy atom. The molecular weight excluding hydrogens is 274 g/mol. The minimum absolute atomic E-state index is 0. The van der Waals surface area contributed by atoms with Gasteiger partial charge in [0, 0.05) is 11.1 Å². The zero-order chi connectivity index (χ0) is 12.2. The van der Waals surface area contributed by atoms with Crippen molar-refractivity contribution in [3.05, 3.63) is 43.3 Å². The molecule has 2 aromatic rings. The van der Waals surface area contributed by atoms with Gasteiger partial charge in [-0.15, -0.1) is 22.7 Å². The lowest BCUT2D eigenvalue weighted by molar-refractivity contribution is 0.0702. The molecule has 0 radical (unpaired) electrons. The number of thiophene rings is 2. The first-order valence-electron chi connectivity index (χ1n) is 4.63. The number of fused-ring (bicyclic) bond motifs is 2. The average molecular weight is 281 g/mol. The molecule has 1 aliphatic carbocycles. The van der Waals surface area contributed by atoms with E-state index in [2.05, 4.69) is 0 Å². The molecule has 1 aliphatic rings. The largest absolute Gasteiger partial charge is 0.477 e. The van der Waals surface area contributed by atoms with E-state index in [4.69, 9.17) is 5.11 Å². The van der Waals surface area contributed by atoms with Crippen LogP contribution in [-0.4, -0.2) is 22.6 Å². The minimum atomic E-state index is -1.12. The van der Waals surface area contributed by atoms with Crippen LogP contribution in [0.1, 0.15) is 40.1 Å². The number of hydrogen-bond donors (Lipinski definition) is 2. The standard InChI is InChI=1S/C11H4O4S2.H3N/c12-7-4-1-2-16-9(4)8(13)10-5(7)3-6(17-10)11(14)15;/h1-3H,(H,14,15);1H3. The number of rotatable bonds is 1. The number of carboxylic acid groups (broad SMARTS) is 1. The van der Waals surface area contributed by atoms with Crippen LogP contribution in [0.15, 0.2) is 17.5 Å². The smallest absolute Gasteiger partial charge is 0.345 e. The highest BCUT2D eigenvalue weighted by atomic mass is 32.1. The Labute approximate surface area is 109 Å². The highest BCUT2D eigenvalue weighted by Gasteiger charge is 2.33. The molecule has 0 saturated heterocycles. The third-order valence-electron chi connectivity index (χ3n) is 2.51. The van der Waals surface area contributed by atoms with Crippen LogP contribution >= 0.6 is 22.7 Å². The van der Waals surface area contributed by atoms with Gasteiger partial charge in [-0.1, -0.05) is 0 Å². The van der Waals surface area contributed by atoms with Crippen molar-refractivity contribution in [3.8, 4) is 0 Å². The Morgan fingerprint density at radius 3 is 2.50 bits per heavy atom. The van der Waals surface area contributed by atoms with E-state index in [1.807, 2.05) is 0 Å². The molecule has 18 heavy (non-hydrogen) atoms. The molecule has 0 spiro atoms. The Hall–Kier alpha value is -1.83. The minimum Gasteiger partial charge on any atom is -0.477 e. The zero-order valence-electron chi connectivity index (χ0n) is 8.93. The Bertz CT molecular complexity index is 635. The predicted octanol–water partition coefficient (Wildman–Crippen LogP) is 2.45. The van der Waals surface area contributed by atoms with E-state index >= 15 is 0 Å². The quantitative estimate of drug-likeness (QED) is 0.712. The molecule has 0 saturated carbocycles. The van der Waals surface area contributed by atoms with E-state index in [1.165, 1.54) is 17.4 Å². The maximum Gasteiger partial charge on any atom is 0.345 e. The Morgan fingerprint density at radius 2 is 1.83 bits per heavy atom. The zero-order valence-corrected chi connectivity index (χ0v) is 10.6. The van der Waals surface area contributed by atoms with Crippen LogP contribution in [-0.2, 0) is 0 Å². The summed E-state index contributed by atoms with van der Waals surface area (Å²) in [6.07, 6.45) is 0. The first-order chi connectivity index (χ1) is 8.09. The SMILES string of the molecule is N.O=C(O)c1cc2c(s1)C(=O)c1sccc1C2=O. The maximum atomic E-state index is 12.0. The molecule has 0 aliphatic heterocycles. The lowest BCUT2D eigenvalue weighted by Crippen LogP contribution is -2.15. The van der Waals surface area contributed by atoms with Crippen molar-refractivity contribution in [1.29, 1.82) is 0 Å². The van der Waals surface area contributed by atoms with Crippen molar-refractivity contribution in [2.45, 2.75) is 0 Å². The van der Waals surface area contributed by atoms with Gasteiger partial charge in [0.25, 0.3) is 0 Å². The van der Waals surface area contributed by atoms with Crippen molar-refractivity contribution in [3.63, 3.8) is 0 Å². The number of aromatic carboxylic acids is 1. The molecule has 2 heterocycles. The predicted molar refractivity (Wildman–Crippen MR) is 67.5 cm³/mol. The molecule has 4 N–H and O–H groups in total. The van der Waals surface area contributed by atoms with Crippen LogP contribution in [0.2, 0.25) is 0 Å². The molecule has 5 nitrogen and oxygen atoms in total. The van der Waals surface area contributed by atoms with Crippen LogP contribution in [0.25, 0.3) is 0 Å². The van der Waals surface area contributed by atoms with E-state index in [0.717, 1.165) is 11.3 Å². The molecule has 0 aromatic carbocycles. The lowest BCUT2D eigenvalue weighted by atomic mass is 9.95. The Kier molecular flexibility index (Phi) is 2.89. The van der Waals surface area contributed by atoms with Crippen molar-refractivity contribution in [2.24, 2.45) is 0 Å². The Balaban J connectivity index is 0.00000120. The van der Waals surface area contributed by atoms with E-state index in [-0.39, 0.29) is 33.0 Å². The lowest BCUT2D eigenvalue weighted by Gasteiger charge is -2.08. The molecule has 7 heteroatoms. The summed E-state index contributed by atoms with van der Waals surface area (Å²) in [4.78, 5) is 35.5. The van der Waals surface area contributed by atoms with Gasteiger partial charge >= 0.3 is 5.97 Å². The van der Waals surface area contributed by atoms with Gasteiger partial charge in [-0.05, 0) is 17.5 Å². The molecule has 0 bridgehead atoms. The normalized spacial score (nSPS) is 12.7. The molecule has 3 rings (SSSR count). The fourth-order valence-electron chi connectivity index (χ4n) is 1.75. The van der Waals surface area contributed by atoms with E-state index in [9.17, 15) is 14.4 Å². The summed E-state index contributed by atoms with van der Waals surface area (Å²) in [5, 5.41) is 10.6. The van der Waals surface area contributed by atoms with Crippen molar-refractivity contribution < 1.29 is 19.5 Å². The molecule has 0 amide bonds. The molecular formula is C11H7NO4S2. The monoisotopic (exact) mass is 281 g/mol. The van der Waals surface area contributed by atoms with Gasteiger partial charge in [0.15, 0.2) is 5.78 Å². The maximum absolute atomic E-state index is 12.0. The van der Waals surface area contributed by atoms with Gasteiger partial charge in [0.05, 0.1) is 9.75 Å². The number of carbonyl (C=O) groups is 3. The average Bonchev–Trinajstić information content (AvgIpc) is 2.92. The van der Waals surface area contributed by atoms with Crippen molar-refractivity contribution in [1.82, 2.24) is 6.15 Å². The number of hydrogen-bond acceptors (Lipinski definition) is 6. The van der Waals surface area contributed by atoms with Crippen LogP contribution in [0, 0.1) is 0 Å². The number of carbonyl (C=O) groups excluding carboxylic acids is 2. The summed E-state index contributed by atoms with van der Waals surface area (Å²) in [6.45, 7) is 0.